The molecule has 0 atom stereocenters. The molecule has 132 valence electrons. The van der Waals surface area contributed by atoms with E-state index in [1.165, 1.54) is 0 Å². The molecule has 3 aromatic carbocycles. The maximum Gasteiger partial charge on any atom is 0.442 e. The number of nitrogens with one attached hydrogen (secondary N) is 1. The molecule has 1 heterocycles. The molecule has 1 N–H and O–H groups in total. The SMILES string of the molecule is O=C(Nc1ccc2oc([N+](=O)[O-])c(-c3ccccc3)c2c1)c1ccccc1. The van der Waals surface area contributed by atoms with Gasteiger partial charge in [-0.25, -0.2) is 0 Å². The van der Waals surface area contributed by atoms with Gasteiger partial charge in [0.2, 0.25) is 0 Å². The number of nitrogens with zero attached hydrogens (tertiary/aromatic N) is 1. The fraction of sp³-hybridized carbons (Fsp3) is 0. The van der Waals surface area contributed by atoms with Gasteiger partial charge in [-0.2, -0.15) is 0 Å². The lowest BCUT2D eigenvalue weighted by Gasteiger charge is -2.05. The molecule has 4 rings (SSSR count). The van der Waals surface area contributed by atoms with Crippen molar-refractivity contribution in [3.63, 3.8) is 0 Å². The molecule has 0 bridgehead atoms. The van der Waals surface area contributed by atoms with Crippen LogP contribution in [0.4, 0.5) is 11.6 Å². The van der Waals surface area contributed by atoms with Crippen LogP contribution in [0.5, 0.6) is 0 Å². The molecule has 0 saturated heterocycles. The van der Waals surface area contributed by atoms with Crippen molar-refractivity contribution in [2.45, 2.75) is 0 Å². The molecule has 0 aliphatic carbocycles. The molecule has 0 saturated carbocycles. The summed E-state index contributed by atoms with van der Waals surface area (Å²) in [5, 5.41) is 14.8. The normalized spacial score (nSPS) is 10.7. The lowest BCUT2D eigenvalue weighted by molar-refractivity contribution is -0.400. The standard InChI is InChI=1S/C21H14N2O4/c24-20(15-9-5-2-6-10-15)22-16-11-12-18-17(13-16)19(21(27-18)23(25)26)14-7-3-1-4-8-14/h1-13H,(H,22,24). The Morgan fingerprint density at radius 2 is 1.59 bits per heavy atom. The fourth-order valence-corrected chi connectivity index (χ4v) is 2.97. The fourth-order valence-electron chi connectivity index (χ4n) is 2.97. The topological polar surface area (TPSA) is 85.4 Å². The van der Waals surface area contributed by atoms with E-state index in [0.717, 1.165) is 0 Å². The molecule has 0 aliphatic heterocycles. The van der Waals surface area contributed by atoms with Crippen LogP contribution in [0.1, 0.15) is 10.4 Å². The summed E-state index contributed by atoms with van der Waals surface area (Å²) in [5.41, 5.74) is 2.52. The number of benzene rings is 3. The van der Waals surface area contributed by atoms with E-state index in [1.54, 1.807) is 66.7 Å². The van der Waals surface area contributed by atoms with Crippen LogP contribution in [-0.4, -0.2) is 10.8 Å². The first-order valence-corrected chi connectivity index (χ1v) is 8.26. The lowest BCUT2D eigenvalue weighted by Crippen LogP contribution is -2.11. The second-order valence-electron chi connectivity index (χ2n) is 5.94. The molecule has 0 radical (unpaired) electrons. The molecular formula is C21H14N2O4. The highest BCUT2D eigenvalue weighted by molar-refractivity contribution is 6.06. The Morgan fingerprint density at radius 1 is 0.926 bits per heavy atom. The summed E-state index contributed by atoms with van der Waals surface area (Å²) in [5.74, 6) is -0.572. The van der Waals surface area contributed by atoms with Gasteiger partial charge in [-0.1, -0.05) is 48.5 Å². The van der Waals surface area contributed by atoms with Crippen molar-refractivity contribution in [2.24, 2.45) is 0 Å². The van der Waals surface area contributed by atoms with Gasteiger partial charge in [0.1, 0.15) is 16.1 Å². The summed E-state index contributed by atoms with van der Waals surface area (Å²) < 4.78 is 5.45. The Bertz CT molecular complexity index is 1140. The summed E-state index contributed by atoms with van der Waals surface area (Å²) >= 11 is 0. The van der Waals surface area contributed by atoms with E-state index >= 15 is 0 Å². The van der Waals surface area contributed by atoms with E-state index in [4.69, 9.17) is 4.42 Å². The largest absolute Gasteiger partial charge is 0.442 e. The van der Waals surface area contributed by atoms with E-state index in [2.05, 4.69) is 5.32 Å². The Morgan fingerprint density at radius 3 is 2.26 bits per heavy atom. The van der Waals surface area contributed by atoms with E-state index in [-0.39, 0.29) is 11.8 Å². The third kappa shape index (κ3) is 3.16. The maximum absolute atomic E-state index is 12.4. The molecule has 1 amide bonds. The summed E-state index contributed by atoms with van der Waals surface area (Å²) in [6.07, 6.45) is 0. The van der Waals surface area contributed by atoms with Crippen LogP contribution >= 0.6 is 0 Å². The van der Waals surface area contributed by atoms with Crippen molar-refractivity contribution >= 4 is 28.4 Å². The molecule has 6 nitrogen and oxygen atoms in total. The van der Waals surface area contributed by atoms with Crippen LogP contribution in [0.3, 0.4) is 0 Å². The second-order valence-corrected chi connectivity index (χ2v) is 5.94. The van der Waals surface area contributed by atoms with Crippen molar-refractivity contribution in [3.8, 4) is 11.1 Å². The Labute approximate surface area is 154 Å². The van der Waals surface area contributed by atoms with Crippen molar-refractivity contribution < 1.29 is 14.1 Å². The zero-order valence-electron chi connectivity index (χ0n) is 14.1. The van der Waals surface area contributed by atoms with Gasteiger partial charge in [-0.05, 0) is 35.9 Å². The number of nitro groups is 1. The number of carbonyl (C=O) groups is 1. The molecule has 0 unspecified atom stereocenters. The van der Waals surface area contributed by atoms with E-state index in [1.807, 2.05) is 12.1 Å². The average Bonchev–Trinajstić information content (AvgIpc) is 3.08. The van der Waals surface area contributed by atoms with Crippen molar-refractivity contribution in [2.75, 3.05) is 5.32 Å². The highest BCUT2D eigenvalue weighted by atomic mass is 16.6. The molecule has 6 heteroatoms. The van der Waals surface area contributed by atoms with Gasteiger partial charge < -0.3 is 9.73 Å². The number of anilines is 1. The third-order valence-corrected chi connectivity index (χ3v) is 4.19. The smallest absolute Gasteiger partial charge is 0.400 e. The minimum Gasteiger partial charge on any atom is -0.400 e. The third-order valence-electron chi connectivity index (χ3n) is 4.19. The van der Waals surface area contributed by atoms with E-state index in [9.17, 15) is 14.9 Å². The Kier molecular flexibility index (Phi) is 4.14. The minimum absolute atomic E-state index is 0.255. The summed E-state index contributed by atoms with van der Waals surface area (Å²) in [7, 11) is 0. The van der Waals surface area contributed by atoms with Gasteiger partial charge in [-0.15, -0.1) is 0 Å². The van der Waals surface area contributed by atoms with Gasteiger partial charge in [0.05, 0.1) is 0 Å². The molecule has 1 aromatic heterocycles. The van der Waals surface area contributed by atoms with Crippen LogP contribution in [-0.2, 0) is 0 Å². The van der Waals surface area contributed by atoms with Gasteiger partial charge >= 0.3 is 5.88 Å². The van der Waals surface area contributed by atoms with Crippen LogP contribution < -0.4 is 5.32 Å². The zero-order valence-corrected chi connectivity index (χ0v) is 14.1. The highest BCUT2D eigenvalue weighted by Crippen LogP contribution is 2.40. The van der Waals surface area contributed by atoms with Crippen molar-refractivity contribution in [3.05, 3.63) is 94.5 Å². The maximum atomic E-state index is 12.4. The van der Waals surface area contributed by atoms with Gasteiger partial charge in [0.25, 0.3) is 5.91 Å². The zero-order chi connectivity index (χ0) is 18.8. The average molecular weight is 358 g/mol. The number of furan rings is 1. The number of hydrogen-bond donors (Lipinski definition) is 1. The Balaban J connectivity index is 1.80. The molecule has 0 spiro atoms. The first-order valence-electron chi connectivity index (χ1n) is 8.26. The monoisotopic (exact) mass is 358 g/mol. The van der Waals surface area contributed by atoms with Gasteiger partial charge in [-0.3, -0.25) is 14.9 Å². The molecule has 0 fully saturated rings. The number of fused-ring (bicyclic) bond motifs is 1. The molecule has 0 aliphatic rings. The first kappa shape index (κ1) is 16.5. The van der Waals surface area contributed by atoms with Crippen LogP contribution in [0.15, 0.2) is 83.3 Å². The summed E-state index contributed by atoms with van der Waals surface area (Å²) in [6, 6.07) is 22.8. The van der Waals surface area contributed by atoms with Gasteiger partial charge in [0.15, 0.2) is 0 Å². The van der Waals surface area contributed by atoms with E-state index in [0.29, 0.717) is 33.3 Å². The lowest BCUT2D eigenvalue weighted by atomic mass is 10.0. The first-order chi connectivity index (χ1) is 13.1. The summed E-state index contributed by atoms with van der Waals surface area (Å²) in [4.78, 5) is 23.3. The van der Waals surface area contributed by atoms with Crippen LogP contribution in [0.2, 0.25) is 0 Å². The van der Waals surface area contributed by atoms with Crippen LogP contribution in [0, 0.1) is 10.1 Å². The molecule has 4 aromatic rings. The highest BCUT2D eigenvalue weighted by Gasteiger charge is 2.25. The van der Waals surface area contributed by atoms with Gasteiger partial charge in [0, 0.05) is 16.6 Å². The Hall–Kier alpha value is -3.93. The minimum atomic E-state index is -0.537. The number of carbonyl (C=O) groups excluding carboxylic acids is 1. The summed E-state index contributed by atoms with van der Waals surface area (Å²) in [6.45, 7) is 0. The second kappa shape index (κ2) is 6.76. The number of hydrogen-bond acceptors (Lipinski definition) is 4. The predicted molar refractivity (Wildman–Crippen MR) is 103 cm³/mol. The van der Waals surface area contributed by atoms with Crippen LogP contribution in [0.25, 0.3) is 22.1 Å². The predicted octanol–water partition coefficient (Wildman–Crippen LogP) is 5.26. The molecule has 27 heavy (non-hydrogen) atoms. The van der Waals surface area contributed by atoms with E-state index < -0.39 is 4.92 Å². The quantitative estimate of drug-likeness (QED) is 0.398. The van der Waals surface area contributed by atoms with Crippen molar-refractivity contribution in [1.29, 1.82) is 0 Å². The van der Waals surface area contributed by atoms with Crippen molar-refractivity contribution in [1.82, 2.24) is 0 Å². The number of rotatable bonds is 4. The molecular weight excluding hydrogens is 344 g/mol. The number of amides is 1.